The highest BCUT2D eigenvalue weighted by Gasteiger charge is 2.23. The second kappa shape index (κ2) is 8.81. The van der Waals surface area contributed by atoms with Gasteiger partial charge < -0.3 is 10.1 Å². The molecule has 0 saturated heterocycles. The van der Waals surface area contributed by atoms with Crippen LogP contribution in [0.4, 0.5) is 0 Å². The summed E-state index contributed by atoms with van der Waals surface area (Å²) < 4.78 is 5.64. The van der Waals surface area contributed by atoms with Gasteiger partial charge >= 0.3 is 5.97 Å². The number of amides is 1. The topological polar surface area (TPSA) is 55.4 Å². The summed E-state index contributed by atoms with van der Waals surface area (Å²) in [6, 6.07) is 6.37. The lowest BCUT2D eigenvalue weighted by Crippen LogP contribution is -2.35. The first kappa shape index (κ1) is 16.8. The molecule has 6 heteroatoms. The zero-order valence-corrected chi connectivity index (χ0v) is 13.5. The first-order valence-corrected chi connectivity index (χ1v) is 7.84. The Labute approximate surface area is 131 Å². The number of esters is 1. The van der Waals surface area contributed by atoms with Crippen LogP contribution in [0.15, 0.2) is 41.4 Å². The monoisotopic (exact) mass is 357 g/mol. The van der Waals surface area contributed by atoms with Crippen molar-refractivity contribution in [2.45, 2.75) is 6.04 Å². The summed E-state index contributed by atoms with van der Waals surface area (Å²) in [6.45, 7) is 3.58. The Morgan fingerprint density at radius 2 is 2.10 bits per heavy atom. The van der Waals surface area contributed by atoms with E-state index in [0.717, 1.165) is 4.47 Å². The van der Waals surface area contributed by atoms with Crippen molar-refractivity contribution in [3.8, 4) is 0 Å². The summed E-state index contributed by atoms with van der Waals surface area (Å²) in [7, 11) is 1.30. The number of hydrogen-bond donors (Lipinski definition) is 1. The lowest BCUT2D eigenvalue weighted by atomic mass is 10.1. The maximum absolute atomic E-state index is 11.8. The highest BCUT2D eigenvalue weighted by atomic mass is 79.9. The van der Waals surface area contributed by atoms with Gasteiger partial charge in [-0.15, -0.1) is 18.3 Å². The van der Waals surface area contributed by atoms with Gasteiger partial charge in [0.2, 0.25) is 5.91 Å². The minimum Gasteiger partial charge on any atom is -0.467 e. The van der Waals surface area contributed by atoms with Crippen molar-refractivity contribution in [2.24, 2.45) is 0 Å². The Bertz CT molecular complexity index is 476. The Balaban J connectivity index is 2.74. The normalized spacial score (nSPS) is 11.5. The molecule has 1 atom stereocenters. The number of ether oxygens (including phenoxy) is 1. The van der Waals surface area contributed by atoms with Crippen LogP contribution in [0.2, 0.25) is 0 Å². The molecule has 20 heavy (non-hydrogen) atoms. The molecule has 0 aromatic heterocycles. The SMILES string of the molecule is C=CCSCC(=O)NC(C(=O)OC)c1ccc(Br)cc1. The molecule has 0 heterocycles. The predicted octanol–water partition coefficient (Wildman–Crippen LogP) is 2.70. The maximum Gasteiger partial charge on any atom is 0.333 e. The Kier molecular flexibility index (Phi) is 7.40. The molecule has 0 bridgehead atoms. The summed E-state index contributed by atoms with van der Waals surface area (Å²) in [5, 5.41) is 2.68. The standard InChI is InChI=1S/C14H16BrNO3S/c1-3-8-20-9-12(17)16-13(14(18)19-2)10-4-6-11(15)7-5-10/h3-7,13H,1,8-9H2,2H3,(H,16,17). The molecular formula is C14H16BrNO3S. The molecule has 108 valence electrons. The molecule has 1 aromatic carbocycles. The number of methoxy groups -OCH3 is 1. The lowest BCUT2D eigenvalue weighted by molar-refractivity contribution is -0.145. The van der Waals surface area contributed by atoms with Crippen LogP contribution in [0, 0.1) is 0 Å². The molecule has 4 nitrogen and oxygen atoms in total. The lowest BCUT2D eigenvalue weighted by Gasteiger charge is -2.16. The van der Waals surface area contributed by atoms with E-state index < -0.39 is 12.0 Å². The van der Waals surface area contributed by atoms with E-state index in [9.17, 15) is 9.59 Å². The van der Waals surface area contributed by atoms with Crippen LogP contribution in [0.3, 0.4) is 0 Å². The number of thioether (sulfide) groups is 1. The molecule has 0 aliphatic rings. The van der Waals surface area contributed by atoms with Crippen LogP contribution in [0.5, 0.6) is 0 Å². The predicted molar refractivity (Wildman–Crippen MR) is 84.6 cm³/mol. The van der Waals surface area contributed by atoms with Crippen molar-refractivity contribution in [3.63, 3.8) is 0 Å². The number of carbonyl (C=O) groups excluding carboxylic acids is 2. The number of hydrogen-bond acceptors (Lipinski definition) is 4. The minimum absolute atomic E-state index is 0.213. The van der Waals surface area contributed by atoms with Gasteiger partial charge in [0.1, 0.15) is 0 Å². The Hall–Kier alpha value is -1.27. The first-order valence-electron chi connectivity index (χ1n) is 5.89. The van der Waals surface area contributed by atoms with Gasteiger partial charge in [0.15, 0.2) is 6.04 Å². The number of halogens is 1. The third kappa shape index (κ3) is 5.38. The van der Waals surface area contributed by atoms with E-state index in [1.54, 1.807) is 18.2 Å². The largest absolute Gasteiger partial charge is 0.467 e. The van der Waals surface area contributed by atoms with Crippen molar-refractivity contribution in [1.82, 2.24) is 5.32 Å². The van der Waals surface area contributed by atoms with E-state index in [0.29, 0.717) is 11.3 Å². The molecule has 0 fully saturated rings. The average molecular weight is 358 g/mol. The second-order valence-electron chi connectivity index (χ2n) is 3.88. The molecule has 0 saturated carbocycles. The van der Waals surface area contributed by atoms with Crippen molar-refractivity contribution >= 4 is 39.6 Å². The smallest absolute Gasteiger partial charge is 0.333 e. The fourth-order valence-corrected chi connectivity index (χ4v) is 2.31. The van der Waals surface area contributed by atoms with E-state index in [-0.39, 0.29) is 11.7 Å². The molecule has 0 aliphatic carbocycles. The second-order valence-corrected chi connectivity index (χ2v) is 5.82. The van der Waals surface area contributed by atoms with E-state index >= 15 is 0 Å². The highest BCUT2D eigenvalue weighted by molar-refractivity contribution is 9.10. The van der Waals surface area contributed by atoms with Gasteiger partial charge in [0.25, 0.3) is 0 Å². The van der Waals surface area contributed by atoms with E-state index in [2.05, 4.69) is 27.8 Å². The van der Waals surface area contributed by atoms with Gasteiger partial charge in [-0.1, -0.05) is 34.1 Å². The summed E-state index contributed by atoms with van der Waals surface area (Å²) in [6.07, 6.45) is 1.73. The molecule has 1 unspecified atom stereocenters. The first-order chi connectivity index (χ1) is 9.58. The molecule has 1 rings (SSSR count). The van der Waals surface area contributed by atoms with Crippen LogP contribution in [-0.4, -0.2) is 30.5 Å². The molecule has 0 spiro atoms. The zero-order chi connectivity index (χ0) is 15.0. The number of rotatable bonds is 7. The highest BCUT2D eigenvalue weighted by Crippen LogP contribution is 2.18. The molecule has 1 aromatic rings. The van der Waals surface area contributed by atoms with Gasteiger partial charge in [-0.05, 0) is 17.7 Å². The molecular weight excluding hydrogens is 342 g/mol. The van der Waals surface area contributed by atoms with Crippen LogP contribution in [0.1, 0.15) is 11.6 Å². The Morgan fingerprint density at radius 3 is 2.65 bits per heavy atom. The fraction of sp³-hybridized carbons (Fsp3) is 0.286. The average Bonchev–Trinajstić information content (AvgIpc) is 2.45. The van der Waals surface area contributed by atoms with E-state index in [1.807, 2.05) is 12.1 Å². The van der Waals surface area contributed by atoms with Crippen LogP contribution in [-0.2, 0) is 14.3 Å². The van der Waals surface area contributed by atoms with Crippen LogP contribution < -0.4 is 5.32 Å². The van der Waals surface area contributed by atoms with Crippen molar-refractivity contribution in [3.05, 3.63) is 47.0 Å². The van der Waals surface area contributed by atoms with Crippen molar-refractivity contribution in [1.29, 1.82) is 0 Å². The molecule has 0 radical (unpaired) electrons. The minimum atomic E-state index is -0.787. The van der Waals surface area contributed by atoms with Gasteiger partial charge in [-0.2, -0.15) is 0 Å². The molecule has 0 aliphatic heterocycles. The number of carbonyl (C=O) groups is 2. The van der Waals surface area contributed by atoms with Gasteiger partial charge in [-0.3, -0.25) is 4.79 Å². The summed E-state index contributed by atoms with van der Waals surface area (Å²) >= 11 is 4.76. The zero-order valence-electron chi connectivity index (χ0n) is 11.1. The summed E-state index contributed by atoms with van der Waals surface area (Å²) in [5.41, 5.74) is 0.683. The number of nitrogens with one attached hydrogen (secondary N) is 1. The fourth-order valence-electron chi connectivity index (χ4n) is 1.49. The molecule has 1 N–H and O–H groups in total. The third-order valence-electron chi connectivity index (χ3n) is 2.41. The van der Waals surface area contributed by atoms with E-state index in [4.69, 9.17) is 4.74 Å². The van der Waals surface area contributed by atoms with Gasteiger partial charge in [0.05, 0.1) is 12.9 Å². The Morgan fingerprint density at radius 1 is 1.45 bits per heavy atom. The molecule has 1 amide bonds. The van der Waals surface area contributed by atoms with Gasteiger partial charge in [-0.25, -0.2) is 4.79 Å². The van der Waals surface area contributed by atoms with Crippen molar-refractivity contribution in [2.75, 3.05) is 18.6 Å². The maximum atomic E-state index is 11.8. The van der Waals surface area contributed by atoms with Crippen LogP contribution in [0.25, 0.3) is 0 Å². The van der Waals surface area contributed by atoms with E-state index in [1.165, 1.54) is 18.9 Å². The quantitative estimate of drug-likeness (QED) is 0.463. The number of benzene rings is 1. The van der Waals surface area contributed by atoms with Crippen LogP contribution >= 0.6 is 27.7 Å². The summed E-state index contributed by atoms with van der Waals surface area (Å²) in [5.74, 6) is 0.259. The van der Waals surface area contributed by atoms with Gasteiger partial charge in [0, 0.05) is 10.2 Å². The third-order valence-corrected chi connectivity index (χ3v) is 3.88. The van der Waals surface area contributed by atoms with Crippen molar-refractivity contribution < 1.29 is 14.3 Å². The summed E-state index contributed by atoms with van der Waals surface area (Å²) in [4.78, 5) is 23.6.